The monoisotopic (exact) mass is 1240 g/mol. The summed E-state index contributed by atoms with van der Waals surface area (Å²) in [5.74, 6) is -0.755. The number of imidazole rings is 1. The van der Waals surface area contributed by atoms with E-state index in [4.69, 9.17) is 55.1 Å². The molecular weight excluding hydrogens is 1170 g/mol. The van der Waals surface area contributed by atoms with E-state index in [1.54, 1.807) is 44.2 Å². The molecule has 10 rings (SSSR count). The molecule has 7 heterocycles. The highest BCUT2D eigenvalue weighted by molar-refractivity contribution is 5.94. The van der Waals surface area contributed by atoms with E-state index in [0.717, 1.165) is 41.9 Å². The minimum absolute atomic E-state index is 0. The number of nitrogens with one attached hydrogen (secondary N) is 1. The lowest BCUT2D eigenvalue weighted by Crippen LogP contribution is -2.32. The molecule has 2 amide bonds. The molecule has 3 aliphatic heterocycles. The zero-order valence-corrected chi connectivity index (χ0v) is 47.9. The number of aromatic amines is 1. The van der Waals surface area contributed by atoms with Crippen LogP contribution >= 0.6 is 0 Å². The van der Waals surface area contributed by atoms with Crippen molar-refractivity contribution in [3.8, 4) is 34.9 Å². The van der Waals surface area contributed by atoms with Gasteiger partial charge in [-0.3, -0.25) is 34.6 Å². The van der Waals surface area contributed by atoms with Crippen molar-refractivity contribution in [3.05, 3.63) is 150 Å². The minimum atomic E-state index is -0.875. The summed E-state index contributed by atoms with van der Waals surface area (Å²) in [5, 5.41) is 23.4. The lowest BCUT2D eigenvalue weighted by atomic mass is 10.1. The van der Waals surface area contributed by atoms with E-state index in [1.807, 2.05) is 0 Å². The zero-order valence-electron chi connectivity index (χ0n) is 47.9. The predicted octanol–water partition coefficient (Wildman–Crippen LogP) is 11.0. The van der Waals surface area contributed by atoms with Gasteiger partial charge in [0.15, 0.2) is 5.82 Å². The van der Waals surface area contributed by atoms with Crippen LogP contribution in [0.4, 0.5) is 63.0 Å². The number of rotatable bonds is 4. The molecule has 0 unspecified atom stereocenters. The number of H-pyrrole nitrogens is 1. The lowest BCUT2D eigenvalue weighted by molar-refractivity contribution is -0.383. The summed E-state index contributed by atoms with van der Waals surface area (Å²) in [4.78, 5) is 76.5. The van der Waals surface area contributed by atoms with Crippen LogP contribution in [-0.4, -0.2) is 99.4 Å². The molecule has 0 saturated carbocycles. The predicted molar refractivity (Wildman–Crippen MR) is 325 cm³/mol. The Hall–Kier alpha value is -10.6. The Morgan fingerprint density at radius 3 is 1.45 bits per heavy atom. The normalized spacial score (nSPS) is 14.7. The number of fused-ring (bicyclic) bond motifs is 11. The number of hydrogen-bond donors (Lipinski definition) is 4. The number of hydrogen-bond acceptors (Lipinski definition) is 21. The van der Waals surface area contributed by atoms with Crippen molar-refractivity contribution >= 4 is 63.4 Å². The van der Waals surface area contributed by atoms with Gasteiger partial charge in [0.05, 0.1) is 81.2 Å². The van der Waals surface area contributed by atoms with Gasteiger partial charge >= 0.3 is 29.3 Å². The summed E-state index contributed by atoms with van der Waals surface area (Å²) >= 11 is 0. The Bertz CT molecular complexity index is 3750. The molecule has 27 nitrogen and oxygen atoms in total. The van der Waals surface area contributed by atoms with E-state index >= 15 is 0 Å². The summed E-state index contributed by atoms with van der Waals surface area (Å²) in [7, 11) is 0. The topological polar surface area (TPSA) is 355 Å². The first-order valence-electron chi connectivity index (χ1n) is 27.9. The van der Waals surface area contributed by atoms with Crippen LogP contribution in [0.1, 0.15) is 85.8 Å². The number of pyridine rings is 3. The maximum absolute atomic E-state index is 14.2. The Kier molecular flexibility index (Phi) is 23.1. The molecule has 4 aromatic heterocycles. The minimum Gasteiger partial charge on any atom is -0.493 e. The maximum Gasteiger partial charge on any atom is 0.414 e. The first kappa shape index (κ1) is 66.0. The second kappa shape index (κ2) is 31.2. The van der Waals surface area contributed by atoms with Crippen LogP contribution < -0.4 is 61.1 Å². The van der Waals surface area contributed by atoms with Crippen LogP contribution in [0.3, 0.4) is 0 Å². The fourth-order valence-electron chi connectivity index (χ4n) is 9.25. The average Bonchev–Trinajstić information content (AvgIpc) is 1.80. The number of nitro groups is 2. The SMILES string of the molecule is C.CCOC(=O)N1Cc2cc(F)cc(c2)OC/C=C/CCOc2cc1c([N+](=O)[O-])c(N)n2.CCOC(=O)N1Cc2cc(F)cc(c2)OCCCCCOc2cc1c([N+](=O)[O-])c(N)n2.Nc1nc2cc3c1[nH]c(=O)n3Cc1cc(F)cc(c1)OCCCCCO2.[HH].[HH]. The number of nitrogen functional groups attached to an aromatic ring is 3. The van der Waals surface area contributed by atoms with Gasteiger partial charge in [0.2, 0.25) is 29.3 Å². The molecule has 0 aliphatic carbocycles. The molecule has 0 saturated heterocycles. The van der Waals surface area contributed by atoms with Crippen LogP contribution in [-0.2, 0) is 29.1 Å². The second-order valence-electron chi connectivity index (χ2n) is 19.6. The van der Waals surface area contributed by atoms with Gasteiger partial charge in [-0.25, -0.2) is 27.6 Å². The van der Waals surface area contributed by atoms with Crippen molar-refractivity contribution in [1.29, 1.82) is 0 Å². The standard InChI is InChI=1S/C20H23FN4O6.C20H21FN4O6.C18H19FN4O3.CH4.2H2/c2*1-2-29-20(26)24-12-13-8-14(21)10-15(9-13)30-6-4-3-5-7-31-17-11-16(24)18(25(27)28)19(22)23-17;19-12-6-11-7-13(8-12)25-4-2-1-3-5-26-15-9-14-16(17(20)21-15)22-18(24)23(14)10-11;;;/h8-11H,2-7,12H2,1H3,(H2,22,23);3-4,8-11H,2,5-7,12H2,1H3,(H2,22,23);6-9H,1-5,10H2,(H2,20,21)(H,22,24);1H4;2*1H/b;4-3+;;;;. The van der Waals surface area contributed by atoms with Crippen molar-refractivity contribution in [1.82, 2.24) is 24.5 Å². The van der Waals surface area contributed by atoms with Crippen molar-refractivity contribution in [2.75, 3.05) is 79.9 Å². The Balaban J connectivity index is 0.000000245. The molecule has 3 aliphatic rings. The van der Waals surface area contributed by atoms with E-state index in [1.165, 1.54) is 59.2 Å². The summed E-state index contributed by atoms with van der Waals surface area (Å²) in [6, 6.07) is 16.6. The lowest BCUT2D eigenvalue weighted by Gasteiger charge is -2.23. The molecule has 12 bridgehead atoms. The fourth-order valence-corrected chi connectivity index (χ4v) is 9.25. The summed E-state index contributed by atoms with van der Waals surface area (Å²) < 4.78 is 87.6. The Labute approximate surface area is 510 Å². The van der Waals surface area contributed by atoms with Crippen molar-refractivity contribution in [2.45, 2.75) is 85.9 Å². The fraction of sp³-hybridized carbons (Fsp3) is 0.356. The molecule has 30 heteroatoms. The Morgan fingerprint density at radius 1 is 0.573 bits per heavy atom. The second-order valence-corrected chi connectivity index (χ2v) is 19.6. The van der Waals surface area contributed by atoms with Crippen molar-refractivity contribution in [3.63, 3.8) is 0 Å². The average molecular weight is 1250 g/mol. The number of halogens is 3. The molecule has 7 aromatic rings. The van der Waals surface area contributed by atoms with Gasteiger partial charge in [-0.15, -0.1) is 0 Å². The highest BCUT2D eigenvalue weighted by Crippen LogP contribution is 2.39. The summed E-state index contributed by atoms with van der Waals surface area (Å²) in [6.45, 7) is 5.04. The first-order chi connectivity index (χ1) is 42.4. The number of benzene rings is 3. The number of amides is 2. The number of carbonyl (C=O) groups is 2. The zero-order chi connectivity index (χ0) is 62.9. The van der Waals surface area contributed by atoms with E-state index in [-0.39, 0.29) is 96.7 Å². The molecule has 0 atom stereocenters. The summed E-state index contributed by atoms with van der Waals surface area (Å²) in [5.41, 5.74) is 18.1. The first-order valence-corrected chi connectivity index (χ1v) is 27.9. The maximum atomic E-state index is 14.2. The number of nitrogens with zero attached hydrogens (tertiary/aromatic N) is 8. The van der Waals surface area contributed by atoms with Crippen LogP contribution in [0, 0.1) is 37.7 Å². The van der Waals surface area contributed by atoms with Gasteiger partial charge in [-0.05, 0) is 112 Å². The van der Waals surface area contributed by atoms with Gasteiger partial charge in [0, 0.05) is 39.3 Å². The summed E-state index contributed by atoms with van der Waals surface area (Å²) in [6.07, 6.45) is 7.08. The van der Waals surface area contributed by atoms with Gasteiger partial charge in [-0.1, -0.05) is 19.6 Å². The van der Waals surface area contributed by atoms with E-state index in [2.05, 4.69) is 19.9 Å². The van der Waals surface area contributed by atoms with Gasteiger partial charge in [0.25, 0.3) is 0 Å². The molecule has 3 aromatic carbocycles. The smallest absolute Gasteiger partial charge is 0.414 e. The van der Waals surface area contributed by atoms with E-state index in [9.17, 15) is 47.8 Å². The molecule has 0 fully saturated rings. The van der Waals surface area contributed by atoms with E-state index in [0.29, 0.717) is 84.4 Å². The van der Waals surface area contributed by atoms with Crippen molar-refractivity contribution in [2.24, 2.45) is 0 Å². The van der Waals surface area contributed by atoms with Gasteiger partial charge in [-0.2, -0.15) is 15.0 Å². The van der Waals surface area contributed by atoms with Crippen LogP contribution in [0.15, 0.2) is 89.7 Å². The molecule has 89 heavy (non-hydrogen) atoms. The number of anilines is 5. The number of aromatic nitrogens is 5. The van der Waals surface area contributed by atoms with Gasteiger partial charge in [0.1, 0.15) is 58.2 Å². The Morgan fingerprint density at radius 2 is 0.989 bits per heavy atom. The van der Waals surface area contributed by atoms with Crippen LogP contribution in [0.25, 0.3) is 11.0 Å². The van der Waals surface area contributed by atoms with Crippen molar-refractivity contribution < 1.29 is 73.4 Å². The van der Waals surface area contributed by atoms with Crippen LogP contribution in [0.2, 0.25) is 0 Å². The molecule has 0 spiro atoms. The third-order valence-corrected chi connectivity index (χ3v) is 13.1. The number of carbonyl (C=O) groups excluding carboxylic acids is 2. The van der Waals surface area contributed by atoms with E-state index < -0.39 is 62.5 Å². The quantitative estimate of drug-likeness (QED) is 0.0722. The molecule has 478 valence electrons. The number of nitrogens with two attached hydrogens (primary N) is 3. The molecular formula is C59H71F3N12O15. The molecule has 7 N–H and O–H groups in total. The van der Waals surface area contributed by atoms with Crippen LogP contribution in [0.5, 0.6) is 34.9 Å². The number of ether oxygens (including phenoxy) is 8. The largest absolute Gasteiger partial charge is 0.493 e. The third-order valence-electron chi connectivity index (χ3n) is 13.1. The highest BCUT2D eigenvalue weighted by atomic mass is 19.1. The molecule has 0 radical (unpaired) electrons. The van der Waals surface area contributed by atoms with Gasteiger partial charge < -0.3 is 60.1 Å². The third kappa shape index (κ3) is 17.8. The highest BCUT2D eigenvalue weighted by Gasteiger charge is 2.33.